The van der Waals surface area contributed by atoms with E-state index in [2.05, 4.69) is 46.8 Å². The molecule has 1 aliphatic heterocycles. The van der Waals surface area contributed by atoms with E-state index in [1.165, 1.54) is 4.88 Å². The monoisotopic (exact) mass is 368 g/mol. The highest BCUT2D eigenvalue weighted by Crippen LogP contribution is 2.25. The molecule has 132 valence electrons. The molecular formula is C17H25ClN4OS. The first-order valence-corrected chi connectivity index (χ1v) is 9.73. The van der Waals surface area contributed by atoms with Crippen LogP contribution in [-0.4, -0.2) is 46.2 Å². The van der Waals surface area contributed by atoms with Gasteiger partial charge in [0.05, 0.1) is 10.4 Å². The van der Waals surface area contributed by atoms with Gasteiger partial charge in [0.15, 0.2) is 0 Å². The molecular weight excluding hydrogens is 344 g/mol. The minimum atomic E-state index is 0.178. The zero-order chi connectivity index (χ0) is 17.1. The van der Waals surface area contributed by atoms with E-state index in [9.17, 15) is 0 Å². The molecule has 0 spiro atoms. The van der Waals surface area contributed by atoms with Crippen LogP contribution < -0.4 is 0 Å². The van der Waals surface area contributed by atoms with Crippen LogP contribution >= 0.6 is 22.9 Å². The SMILES string of the molecule is CC(C)Cc1nnc([C@@H](C)N2CCN(Cc3ccc(Cl)s3)CC2)o1. The van der Waals surface area contributed by atoms with E-state index in [0.29, 0.717) is 5.92 Å². The topological polar surface area (TPSA) is 45.4 Å². The maximum atomic E-state index is 6.01. The summed E-state index contributed by atoms with van der Waals surface area (Å²) in [5, 5.41) is 8.43. The Morgan fingerprint density at radius 2 is 1.92 bits per heavy atom. The van der Waals surface area contributed by atoms with Gasteiger partial charge in [-0.1, -0.05) is 25.4 Å². The molecule has 5 nitrogen and oxygen atoms in total. The Hall–Kier alpha value is -0.950. The molecule has 1 saturated heterocycles. The van der Waals surface area contributed by atoms with E-state index in [4.69, 9.17) is 16.0 Å². The van der Waals surface area contributed by atoms with Crippen molar-refractivity contribution in [3.05, 3.63) is 33.1 Å². The second-order valence-electron chi connectivity index (χ2n) is 6.83. The van der Waals surface area contributed by atoms with Crippen LogP contribution in [0.25, 0.3) is 0 Å². The summed E-state index contributed by atoms with van der Waals surface area (Å²) in [5.74, 6) is 2.02. The van der Waals surface area contributed by atoms with Crippen molar-refractivity contribution in [1.82, 2.24) is 20.0 Å². The minimum absolute atomic E-state index is 0.178. The molecule has 0 N–H and O–H groups in total. The third-order valence-electron chi connectivity index (χ3n) is 4.39. The average Bonchev–Trinajstić information content (AvgIpc) is 3.16. The smallest absolute Gasteiger partial charge is 0.233 e. The van der Waals surface area contributed by atoms with Crippen LogP contribution in [-0.2, 0) is 13.0 Å². The van der Waals surface area contributed by atoms with Gasteiger partial charge in [-0.3, -0.25) is 9.80 Å². The fraction of sp³-hybridized carbons (Fsp3) is 0.647. The van der Waals surface area contributed by atoms with Gasteiger partial charge >= 0.3 is 0 Å². The van der Waals surface area contributed by atoms with E-state index >= 15 is 0 Å². The average molecular weight is 369 g/mol. The Balaban J connectivity index is 1.51. The van der Waals surface area contributed by atoms with Gasteiger partial charge in [-0.25, -0.2) is 0 Å². The first-order chi connectivity index (χ1) is 11.5. The zero-order valence-corrected chi connectivity index (χ0v) is 16.1. The molecule has 0 saturated carbocycles. The van der Waals surface area contributed by atoms with E-state index in [1.807, 2.05) is 6.07 Å². The van der Waals surface area contributed by atoms with Crippen LogP contribution in [0, 0.1) is 5.92 Å². The summed E-state index contributed by atoms with van der Waals surface area (Å²) in [6.45, 7) is 11.6. The van der Waals surface area contributed by atoms with E-state index in [-0.39, 0.29) is 6.04 Å². The highest BCUT2D eigenvalue weighted by molar-refractivity contribution is 7.16. The summed E-state index contributed by atoms with van der Waals surface area (Å²) in [6, 6.07) is 4.28. The van der Waals surface area contributed by atoms with Crippen molar-refractivity contribution in [2.24, 2.45) is 5.92 Å². The van der Waals surface area contributed by atoms with Gasteiger partial charge in [-0.15, -0.1) is 21.5 Å². The van der Waals surface area contributed by atoms with Gasteiger partial charge in [0.25, 0.3) is 0 Å². The lowest BCUT2D eigenvalue weighted by Crippen LogP contribution is -2.46. The Morgan fingerprint density at radius 3 is 2.54 bits per heavy atom. The van der Waals surface area contributed by atoms with Crippen LogP contribution in [0.15, 0.2) is 16.5 Å². The summed E-state index contributed by atoms with van der Waals surface area (Å²) >= 11 is 7.68. The molecule has 3 heterocycles. The summed E-state index contributed by atoms with van der Waals surface area (Å²) in [6.07, 6.45) is 0.844. The van der Waals surface area contributed by atoms with Crippen LogP contribution in [0.5, 0.6) is 0 Å². The third kappa shape index (κ3) is 4.57. The molecule has 7 heteroatoms. The van der Waals surface area contributed by atoms with Crippen molar-refractivity contribution in [1.29, 1.82) is 0 Å². The summed E-state index contributed by atoms with van der Waals surface area (Å²) in [4.78, 5) is 6.23. The van der Waals surface area contributed by atoms with Gasteiger partial charge in [0.2, 0.25) is 11.8 Å². The molecule has 0 aliphatic carbocycles. The molecule has 1 atom stereocenters. The number of aromatic nitrogens is 2. The number of hydrogen-bond acceptors (Lipinski definition) is 6. The number of hydrogen-bond donors (Lipinski definition) is 0. The second kappa shape index (κ2) is 7.95. The van der Waals surface area contributed by atoms with E-state index in [0.717, 1.165) is 55.3 Å². The number of thiophene rings is 1. The minimum Gasteiger partial charge on any atom is -0.424 e. The van der Waals surface area contributed by atoms with Gasteiger partial charge < -0.3 is 4.42 Å². The van der Waals surface area contributed by atoms with Crippen molar-refractivity contribution in [2.45, 2.75) is 39.8 Å². The van der Waals surface area contributed by atoms with Crippen molar-refractivity contribution >= 4 is 22.9 Å². The molecule has 2 aromatic rings. The molecule has 3 rings (SSSR count). The van der Waals surface area contributed by atoms with Gasteiger partial charge in [0, 0.05) is 44.0 Å². The molecule has 0 bridgehead atoms. The predicted octanol–water partition coefficient (Wildman–Crippen LogP) is 3.86. The summed E-state index contributed by atoms with van der Waals surface area (Å²) in [5.41, 5.74) is 0. The first kappa shape index (κ1) is 17.9. The molecule has 1 aliphatic rings. The van der Waals surface area contributed by atoms with E-state index in [1.54, 1.807) is 11.3 Å². The van der Waals surface area contributed by atoms with Crippen LogP contribution in [0.4, 0.5) is 0 Å². The van der Waals surface area contributed by atoms with Crippen LogP contribution in [0.1, 0.15) is 43.5 Å². The number of piperazine rings is 1. The lowest BCUT2D eigenvalue weighted by atomic mass is 10.1. The van der Waals surface area contributed by atoms with Gasteiger partial charge in [0.1, 0.15) is 0 Å². The summed E-state index contributed by atoms with van der Waals surface area (Å²) < 4.78 is 6.71. The Morgan fingerprint density at radius 1 is 1.17 bits per heavy atom. The van der Waals surface area contributed by atoms with Gasteiger partial charge in [-0.05, 0) is 25.0 Å². The standard InChI is InChI=1S/C17H25ClN4OS/c1-12(2)10-16-19-20-17(23-16)13(3)22-8-6-21(7-9-22)11-14-4-5-15(18)24-14/h4-5,12-13H,6-11H2,1-3H3/t13-/m1/s1. The van der Waals surface area contributed by atoms with Gasteiger partial charge in [-0.2, -0.15) is 0 Å². The van der Waals surface area contributed by atoms with E-state index < -0.39 is 0 Å². The fourth-order valence-electron chi connectivity index (χ4n) is 2.99. The molecule has 1 fully saturated rings. The largest absolute Gasteiger partial charge is 0.424 e. The summed E-state index contributed by atoms with van der Waals surface area (Å²) in [7, 11) is 0. The second-order valence-corrected chi connectivity index (χ2v) is 8.63. The normalized spacial score (nSPS) is 18.4. The first-order valence-electron chi connectivity index (χ1n) is 8.54. The quantitative estimate of drug-likeness (QED) is 0.774. The molecule has 24 heavy (non-hydrogen) atoms. The predicted molar refractivity (Wildman–Crippen MR) is 97.4 cm³/mol. The fourth-order valence-corrected chi connectivity index (χ4v) is 4.12. The Kier molecular flexibility index (Phi) is 5.92. The molecule has 0 radical (unpaired) electrons. The zero-order valence-electron chi connectivity index (χ0n) is 14.5. The third-order valence-corrected chi connectivity index (χ3v) is 5.60. The Bertz CT molecular complexity index is 649. The highest BCUT2D eigenvalue weighted by Gasteiger charge is 2.25. The van der Waals surface area contributed by atoms with Crippen molar-refractivity contribution in [3.63, 3.8) is 0 Å². The maximum Gasteiger partial charge on any atom is 0.233 e. The lowest BCUT2D eigenvalue weighted by Gasteiger charge is -2.36. The maximum absolute atomic E-state index is 6.01. The number of rotatable bonds is 6. The van der Waals surface area contributed by atoms with Crippen LogP contribution in [0.3, 0.4) is 0 Å². The lowest BCUT2D eigenvalue weighted by molar-refractivity contribution is 0.0873. The molecule has 0 amide bonds. The molecule has 2 aromatic heterocycles. The number of nitrogens with zero attached hydrogens (tertiary/aromatic N) is 4. The van der Waals surface area contributed by atoms with Crippen LogP contribution in [0.2, 0.25) is 4.34 Å². The van der Waals surface area contributed by atoms with Crippen molar-refractivity contribution in [3.8, 4) is 0 Å². The van der Waals surface area contributed by atoms with Crippen molar-refractivity contribution in [2.75, 3.05) is 26.2 Å². The van der Waals surface area contributed by atoms with Crippen molar-refractivity contribution < 1.29 is 4.42 Å². The number of halogens is 1. The Labute approximate surface area is 152 Å². The highest BCUT2D eigenvalue weighted by atomic mass is 35.5. The molecule has 0 aromatic carbocycles. The molecule has 0 unspecified atom stereocenters.